The van der Waals surface area contributed by atoms with Crippen molar-refractivity contribution in [2.45, 2.75) is 70.1 Å². The summed E-state index contributed by atoms with van der Waals surface area (Å²) in [5.74, 6) is 0.855. The van der Waals surface area contributed by atoms with Gasteiger partial charge in [0.2, 0.25) is 10.0 Å². The Hall–Kier alpha value is -1.07. The number of rotatable bonds is 9. The number of ether oxygens (including phenoxy) is 1. The van der Waals surface area contributed by atoms with Crippen LogP contribution in [-0.2, 0) is 22.9 Å². The van der Waals surface area contributed by atoms with Crippen molar-refractivity contribution in [1.29, 1.82) is 0 Å². The minimum absolute atomic E-state index is 0.288. The molecule has 1 aliphatic carbocycles. The Morgan fingerprint density at radius 1 is 1.17 bits per heavy atom. The molecule has 0 bridgehead atoms. The van der Waals surface area contributed by atoms with Crippen LogP contribution in [0.1, 0.15) is 63.5 Å². The van der Waals surface area contributed by atoms with E-state index in [-0.39, 0.29) is 4.90 Å². The molecule has 5 heteroatoms. The van der Waals surface area contributed by atoms with Crippen molar-refractivity contribution in [3.05, 3.63) is 23.3 Å². The highest BCUT2D eigenvalue weighted by Gasteiger charge is 2.23. The average Bonchev–Trinajstić information content (AvgIpc) is 2.60. The second-order valence-electron chi connectivity index (χ2n) is 6.75. The summed E-state index contributed by atoms with van der Waals surface area (Å²) < 4.78 is 33.8. The first-order valence-corrected chi connectivity index (χ1v) is 10.7. The number of nitrogens with one attached hydrogen (secondary N) is 1. The summed E-state index contributed by atoms with van der Waals surface area (Å²) in [6, 6.07) is 3.74. The summed E-state index contributed by atoms with van der Waals surface area (Å²) in [5, 5.41) is 0. The smallest absolute Gasteiger partial charge is 0.244 e. The van der Waals surface area contributed by atoms with Crippen molar-refractivity contribution in [1.82, 2.24) is 4.72 Å². The van der Waals surface area contributed by atoms with Crippen molar-refractivity contribution in [2.24, 2.45) is 5.92 Å². The summed E-state index contributed by atoms with van der Waals surface area (Å²) in [6.45, 7) is 4.78. The first kappa shape index (κ1) is 19.3. The van der Waals surface area contributed by atoms with Crippen LogP contribution < -0.4 is 9.46 Å². The molecule has 0 saturated carbocycles. The lowest BCUT2D eigenvalue weighted by molar-refractivity contribution is 0.400. The van der Waals surface area contributed by atoms with Crippen molar-refractivity contribution in [3.8, 4) is 5.75 Å². The van der Waals surface area contributed by atoms with E-state index in [1.165, 1.54) is 5.56 Å². The van der Waals surface area contributed by atoms with E-state index in [4.69, 9.17) is 4.74 Å². The Morgan fingerprint density at radius 2 is 1.83 bits per heavy atom. The molecule has 0 aromatic heterocycles. The largest absolute Gasteiger partial charge is 0.495 e. The number of methoxy groups -OCH3 is 1. The van der Waals surface area contributed by atoms with Crippen molar-refractivity contribution >= 4 is 10.0 Å². The molecule has 1 atom stereocenters. The molecule has 0 fully saturated rings. The van der Waals surface area contributed by atoms with E-state index >= 15 is 0 Å². The van der Waals surface area contributed by atoms with Crippen LogP contribution in [0.4, 0.5) is 0 Å². The van der Waals surface area contributed by atoms with E-state index in [2.05, 4.69) is 18.6 Å². The highest BCUT2D eigenvalue weighted by atomic mass is 32.2. The van der Waals surface area contributed by atoms with Crippen LogP contribution in [0.3, 0.4) is 0 Å². The number of hydrogen-bond donors (Lipinski definition) is 1. The van der Waals surface area contributed by atoms with E-state index in [9.17, 15) is 8.42 Å². The third-order valence-corrected chi connectivity index (χ3v) is 6.47. The molecular formula is C19H31NO3S. The highest BCUT2D eigenvalue weighted by molar-refractivity contribution is 7.89. The minimum Gasteiger partial charge on any atom is -0.495 e. The molecule has 1 aromatic rings. The average molecular weight is 354 g/mol. The summed E-state index contributed by atoms with van der Waals surface area (Å²) in [4.78, 5) is 0.288. The van der Waals surface area contributed by atoms with Gasteiger partial charge >= 0.3 is 0 Å². The van der Waals surface area contributed by atoms with E-state index in [1.807, 2.05) is 12.1 Å². The van der Waals surface area contributed by atoms with Crippen LogP contribution in [0.15, 0.2) is 17.0 Å². The van der Waals surface area contributed by atoms with Crippen LogP contribution in [0.5, 0.6) is 5.75 Å². The van der Waals surface area contributed by atoms with Gasteiger partial charge in [-0.2, -0.15) is 0 Å². The van der Waals surface area contributed by atoms with Gasteiger partial charge < -0.3 is 4.74 Å². The molecule has 0 aliphatic heterocycles. The van der Waals surface area contributed by atoms with Gasteiger partial charge in [-0.25, -0.2) is 13.1 Å². The molecule has 136 valence electrons. The first-order chi connectivity index (χ1) is 11.5. The molecule has 0 heterocycles. The Bertz CT molecular complexity index is 640. The third-order valence-electron chi connectivity index (χ3n) is 5.02. The topological polar surface area (TPSA) is 55.4 Å². The standard InChI is InChI=1S/C19H31NO3S/c1-4-6-9-15(5-2)14-20-24(21,22)19-13-17-11-8-7-10-16(17)12-18(19)23-3/h12-13,15,20H,4-11,14H2,1-3H3. The van der Waals surface area contributed by atoms with Crippen LogP contribution in [0.25, 0.3) is 0 Å². The molecule has 1 aliphatic rings. The number of fused-ring (bicyclic) bond motifs is 1. The summed E-state index contributed by atoms with van der Waals surface area (Å²) in [7, 11) is -2.00. The number of aryl methyl sites for hydroxylation is 2. The summed E-state index contributed by atoms with van der Waals surface area (Å²) in [6.07, 6.45) is 8.59. The number of sulfonamides is 1. The Labute approximate surface area is 147 Å². The van der Waals surface area contributed by atoms with Gasteiger partial charge in [-0.15, -0.1) is 0 Å². The van der Waals surface area contributed by atoms with Crippen LogP contribution in [0.2, 0.25) is 0 Å². The monoisotopic (exact) mass is 353 g/mol. The fourth-order valence-electron chi connectivity index (χ4n) is 3.36. The van der Waals surface area contributed by atoms with E-state index < -0.39 is 10.0 Å². The SMILES string of the molecule is CCCCC(CC)CNS(=O)(=O)c1cc2c(cc1OC)CCCC2. The van der Waals surface area contributed by atoms with Gasteiger partial charge in [-0.1, -0.05) is 33.1 Å². The van der Waals surface area contributed by atoms with Gasteiger partial charge in [0.1, 0.15) is 10.6 Å². The van der Waals surface area contributed by atoms with Crippen molar-refractivity contribution in [3.63, 3.8) is 0 Å². The maximum atomic E-state index is 12.8. The molecule has 1 unspecified atom stereocenters. The molecule has 0 spiro atoms. The summed E-state index contributed by atoms with van der Waals surface area (Å²) >= 11 is 0. The maximum Gasteiger partial charge on any atom is 0.244 e. The molecule has 0 saturated heterocycles. The predicted octanol–water partition coefficient (Wildman–Crippen LogP) is 4.07. The Morgan fingerprint density at radius 3 is 2.42 bits per heavy atom. The van der Waals surface area contributed by atoms with E-state index in [1.54, 1.807) is 7.11 Å². The molecule has 0 radical (unpaired) electrons. The number of benzene rings is 1. The second-order valence-corrected chi connectivity index (χ2v) is 8.48. The molecule has 4 nitrogen and oxygen atoms in total. The lowest BCUT2D eigenvalue weighted by atomic mass is 9.92. The Kier molecular flexibility index (Phi) is 7.11. The minimum atomic E-state index is -3.54. The fourth-order valence-corrected chi connectivity index (χ4v) is 4.67. The van der Waals surface area contributed by atoms with Crippen LogP contribution >= 0.6 is 0 Å². The zero-order valence-electron chi connectivity index (χ0n) is 15.2. The lowest BCUT2D eigenvalue weighted by Crippen LogP contribution is -2.30. The van der Waals surface area contributed by atoms with Crippen LogP contribution in [0, 0.1) is 5.92 Å². The van der Waals surface area contributed by atoms with Crippen LogP contribution in [-0.4, -0.2) is 22.1 Å². The summed E-state index contributed by atoms with van der Waals surface area (Å²) in [5.41, 5.74) is 2.38. The van der Waals surface area contributed by atoms with Gasteiger partial charge in [0, 0.05) is 6.54 Å². The maximum absolute atomic E-state index is 12.8. The van der Waals surface area contributed by atoms with Gasteiger partial charge in [0.15, 0.2) is 0 Å². The quantitative estimate of drug-likeness (QED) is 0.728. The predicted molar refractivity (Wildman–Crippen MR) is 98.1 cm³/mol. The van der Waals surface area contributed by atoms with Gasteiger partial charge in [-0.05, 0) is 61.3 Å². The van der Waals surface area contributed by atoms with Gasteiger partial charge in [-0.3, -0.25) is 0 Å². The lowest BCUT2D eigenvalue weighted by Gasteiger charge is -2.20. The molecule has 1 aromatic carbocycles. The van der Waals surface area contributed by atoms with Crippen molar-refractivity contribution in [2.75, 3.05) is 13.7 Å². The highest BCUT2D eigenvalue weighted by Crippen LogP contribution is 2.32. The van der Waals surface area contributed by atoms with Gasteiger partial charge in [0.05, 0.1) is 7.11 Å². The molecule has 0 amide bonds. The third kappa shape index (κ3) is 4.73. The van der Waals surface area contributed by atoms with Crippen molar-refractivity contribution < 1.29 is 13.2 Å². The normalized spacial score (nSPS) is 15.8. The zero-order valence-corrected chi connectivity index (χ0v) is 16.0. The first-order valence-electron chi connectivity index (χ1n) is 9.21. The van der Waals surface area contributed by atoms with Gasteiger partial charge in [0.25, 0.3) is 0 Å². The molecule has 1 N–H and O–H groups in total. The molecule has 2 rings (SSSR count). The number of unbranched alkanes of at least 4 members (excludes halogenated alkanes) is 1. The molecular weight excluding hydrogens is 322 g/mol. The Balaban J connectivity index is 2.18. The van der Waals surface area contributed by atoms with E-state index in [0.717, 1.165) is 56.9 Å². The molecule has 24 heavy (non-hydrogen) atoms. The second kappa shape index (κ2) is 8.86. The number of hydrogen-bond acceptors (Lipinski definition) is 3. The van der Waals surface area contributed by atoms with E-state index in [0.29, 0.717) is 18.2 Å². The zero-order chi connectivity index (χ0) is 17.6. The fraction of sp³-hybridized carbons (Fsp3) is 0.684.